The normalized spacial score (nSPS) is 25.0. The summed E-state index contributed by atoms with van der Waals surface area (Å²) in [5.74, 6) is 1.77. The summed E-state index contributed by atoms with van der Waals surface area (Å²) in [6, 6.07) is 2.31. The van der Waals surface area contributed by atoms with Gasteiger partial charge in [-0.3, -0.25) is 0 Å². The SMILES string of the molecule is CCNCC1CCCCCC1Cc1cc(Br)cs1. The van der Waals surface area contributed by atoms with Gasteiger partial charge in [0.25, 0.3) is 0 Å². The Bertz CT molecular complexity index is 350. The van der Waals surface area contributed by atoms with Gasteiger partial charge in [-0.25, -0.2) is 0 Å². The van der Waals surface area contributed by atoms with Gasteiger partial charge in [-0.05, 0) is 66.2 Å². The van der Waals surface area contributed by atoms with Gasteiger partial charge in [0.15, 0.2) is 0 Å². The van der Waals surface area contributed by atoms with E-state index in [1.54, 1.807) is 4.88 Å². The van der Waals surface area contributed by atoms with Crippen molar-refractivity contribution in [2.45, 2.75) is 45.4 Å². The Morgan fingerprint density at radius 2 is 2.06 bits per heavy atom. The lowest BCUT2D eigenvalue weighted by Crippen LogP contribution is -2.28. The average molecular weight is 330 g/mol. The molecule has 3 heteroatoms. The molecule has 2 atom stereocenters. The van der Waals surface area contributed by atoms with Gasteiger partial charge in [-0.2, -0.15) is 0 Å². The fraction of sp³-hybridized carbons (Fsp3) is 0.733. The molecule has 1 nitrogen and oxygen atoms in total. The summed E-state index contributed by atoms with van der Waals surface area (Å²) in [5.41, 5.74) is 0. The topological polar surface area (TPSA) is 12.0 Å². The van der Waals surface area contributed by atoms with Crippen molar-refractivity contribution in [3.8, 4) is 0 Å². The van der Waals surface area contributed by atoms with Crippen LogP contribution in [0.5, 0.6) is 0 Å². The molecule has 0 spiro atoms. The number of halogens is 1. The van der Waals surface area contributed by atoms with Gasteiger partial charge >= 0.3 is 0 Å². The van der Waals surface area contributed by atoms with Gasteiger partial charge in [0.2, 0.25) is 0 Å². The van der Waals surface area contributed by atoms with E-state index in [1.807, 2.05) is 11.3 Å². The predicted octanol–water partition coefficient (Wildman–Crippen LogP) is 4.86. The molecule has 102 valence electrons. The van der Waals surface area contributed by atoms with E-state index in [2.05, 4.69) is 39.6 Å². The summed E-state index contributed by atoms with van der Waals surface area (Å²) in [6.07, 6.45) is 8.43. The molecule has 1 saturated carbocycles. The molecule has 1 aromatic rings. The fourth-order valence-corrected chi connectivity index (χ4v) is 4.59. The van der Waals surface area contributed by atoms with E-state index in [9.17, 15) is 0 Å². The quantitative estimate of drug-likeness (QED) is 0.760. The third kappa shape index (κ3) is 4.36. The molecule has 0 saturated heterocycles. The van der Waals surface area contributed by atoms with E-state index < -0.39 is 0 Å². The molecule has 18 heavy (non-hydrogen) atoms. The smallest absolute Gasteiger partial charge is 0.0285 e. The first-order valence-electron chi connectivity index (χ1n) is 7.23. The zero-order valence-electron chi connectivity index (χ0n) is 11.3. The Hall–Kier alpha value is 0.140. The van der Waals surface area contributed by atoms with Crippen molar-refractivity contribution in [2.75, 3.05) is 13.1 Å². The maximum absolute atomic E-state index is 3.57. The molecule has 1 heterocycles. The third-order valence-electron chi connectivity index (χ3n) is 4.06. The van der Waals surface area contributed by atoms with Crippen LogP contribution in [0.15, 0.2) is 15.9 Å². The number of hydrogen-bond acceptors (Lipinski definition) is 2. The van der Waals surface area contributed by atoms with Crippen molar-refractivity contribution in [3.63, 3.8) is 0 Å². The second-order valence-electron chi connectivity index (χ2n) is 5.40. The number of thiophene rings is 1. The molecule has 1 fully saturated rings. The van der Waals surface area contributed by atoms with E-state index in [4.69, 9.17) is 0 Å². The van der Waals surface area contributed by atoms with Crippen LogP contribution in [0.2, 0.25) is 0 Å². The van der Waals surface area contributed by atoms with Crippen molar-refractivity contribution >= 4 is 27.3 Å². The van der Waals surface area contributed by atoms with Crippen molar-refractivity contribution < 1.29 is 0 Å². The maximum atomic E-state index is 3.57. The molecule has 0 aromatic carbocycles. The minimum atomic E-state index is 0.883. The molecule has 2 rings (SSSR count). The van der Waals surface area contributed by atoms with Crippen molar-refractivity contribution in [1.82, 2.24) is 5.32 Å². The number of rotatable bonds is 5. The molecule has 0 aliphatic heterocycles. The first-order valence-corrected chi connectivity index (χ1v) is 8.90. The molecular formula is C15H24BrNS. The van der Waals surface area contributed by atoms with Crippen molar-refractivity contribution in [2.24, 2.45) is 11.8 Å². The molecule has 2 unspecified atom stereocenters. The lowest BCUT2D eigenvalue weighted by atomic mass is 9.85. The van der Waals surface area contributed by atoms with E-state index in [0.29, 0.717) is 0 Å². The van der Waals surface area contributed by atoms with Crippen LogP contribution in [0, 0.1) is 11.8 Å². The largest absolute Gasteiger partial charge is 0.317 e. The summed E-state index contributed by atoms with van der Waals surface area (Å²) in [5, 5.41) is 5.77. The van der Waals surface area contributed by atoms with Gasteiger partial charge in [-0.1, -0.05) is 26.2 Å². The molecule has 0 bridgehead atoms. The van der Waals surface area contributed by atoms with Crippen molar-refractivity contribution in [1.29, 1.82) is 0 Å². The zero-order chi connectivity index (χ0) is 12.8. The predicted molar refractivity (Wildman–Crippen MR) is 84.3 cm³/mol. The Morgan fingerprint density at radius 1 is 1.28 bits per heavy atom. The highest BCUT2D eigenvalue weighted by atomic mass is 79.9. The standard InChI is InChI=1S/C15H24BrNS/c1-2-17-10-13-7-5-3-4-6-12(13)8-15-9-14(16)11-18-15/h9,11-13,17H,2-8,10H2,1H3. The maximum Gasteiger partial charge on any atom is 0.0285 e. The van der Waals surface area contributed by atoms with Crippen LogP contribution in [-0.2, 0) is 6.42 Å². The first-order chi connectivity index (χ1) is 8.79. The Kier molecular flexibility index (Phi) is 6.19. The van der Waals surface area contributed by atoms with Crippen LogP contribution in [0.25, 0.3) is 0 Å². The monoisotopic (exact) mass is 329 g/mol. The highest BCUT2D eigenvalue weighted by molar-refractivity contribution is 9.10. The van der Waals surface area contributed by atoms with E-state index in [0.717, 1.165) is 18.4 Å². The zero-order valence-corrected chi connectivity index (χ0v) is 13.7. The minimum Gasteiger partial charge on any atom is -0.317 e. The third-order valence-corrected chi connectivity index (χ3v) is 5.78. The summed E-state index contributed by atoms with van der Waals surface area (Å²) < 4.78 is 1.25. The summed E-state index contributed by atoms with van der Waals surface area (Å²) in [7, 11) is 0. The lowest BCUT2D eigenvalue weighted by Gasteiger charge is -2.25. The summed E-state index contributed by atoms with van der Waals surface area (Å²) in [6.45, 7) is 4.53. The Balaban J connectivity index is 1.96. The molecule has 0 radical (unpaired) electrons. The molecule has 0 amide bonds. The highest BCUT2D eigenvalue weighted by Crippen LogP contribution is 2.33. The molecule has 1 N–H and O–H groups in total. The van der Waals surface area contributed by atoms with Gasteiger partial charge in [0.05, 0.1) is 0 Å². The molecule has 1 aliphatic rings. The van der Waals surface area contributed by atoms with Crippen LogP contribution in [0.3, 0.4) is 0 Å². The Labute approximate surface area is 123 Å². The van der Waals surface area contributed by atoms with E-state index in [-0.39, 0.29) is 0 Å². The van der Waals surface area contributed by atoms with Crippen LogP contribution >= 0.6 is 27.3 Å². The average Bonchev–Trinajstić information content (AvgIpc) is 2.64. The molecular weight excluding hydrogens is 306 g/mol. The van der Waals surface area contributed by atoms with Crippen LogP contribution in [0.4, 0.5) is 0 Å². The number of nitrogens with one attached hydrogen (secondary N) is 1. The van der Waals surface area contributed by atoms with E-state index >= 15 is 0 Å². The van der Waals surface area contributed by atoms with Crippen molar-refractivity contribution in [3.05, 3.63) is 20.8 Å². The van der Waals surface area contributed by atoms with Crippen LogP contribution < -0.4 is 5.32 Å². The molecule has 1 aliphatic carbocycles. The van der Waals surface area contributed by atoms with Gasteiger partial charge < -0.3 is 5.32 Å². The fourth-order valence-electron chi connectivity index (χ4n) is 3.05. The lowest BCUT2D eigenvalue weighted by molar-refractivity contribution is 0.301. The minimum absolute atomic E-state index is 0.883. The first kappa shape index (κ1) is 14.5. The summed E-state index contributed by atoms with van der Waals surface area (Å²) >= 11 is 5.48. The van der Waals surface area contributed by atoms with Crippen LogP contribution in [-0.4, -0.2) is 13.1 Å². The van der Waals surface area contributed by atoms with Gasteiger partial charge in [0, 0.05) is 14.7 Å². The van der Waals surface area contributed by atoms with Gasteiger partial charge in [-0.15, -0.1) is 11.3 Å². The second kappa shape index (κ2) is 7.66. The van der Waals surface area contributed by atoms with Crippen LogP contribution in [0.1, 0.15) is 43.9 Å². The van der Waals surface area contributed by atoms with Gasteiger partial charge in [0.1, 0.15) is 0 Å². The Morgan fingerprint density at radius 3 is 2.72 bits per heavy atom. The summed E-state index contributed by atoms with van der Waals surface area (Å²) in [4.78, 5) is 1.55. The number of hydrogen-bond donors (Lipinski definition) is 1. The highest BCUT2D eigenvalue weighted by Gasteiger charge is 2.23. The van der Waals surface area contributed by atoms with E-state index in [1.165, 1.54) is 49.5 Å². The second-order valence-corrected chi connectivity index (χ2v) is 7.31. The molecule has 1 aromatic heterocycles.